The summed E-state index contributed by atoms with van der Waals surface area (Å²) in [5, 5.41) is 9.89. The van der Waals surface area contributed by atoms with Crippen LogP contribution in [-0.4, -0.2) is 26.7 Å². The third kappa shape index (κ3) is 3.13. The first-order valence-electron chi connectivity index (χ1n) is 5.36. The third-order valence-electron chi connectivity index (χ3n) is 2.02. The van der Waals surface area contributed by atoms with Crippen LogP contribution in [0.3, 0.4) is 0 Å². The van der Waals surface area contributed by atoms with Crippen molar-refractivity contribution in [2.45, 2.75) is 20.4 Å². The molecule has 0 bridgehead atoms. The molecule has 90 valence electrons. The zero-order valence-corrected chi connectivity index (χ0v) is 9.77. The lowest BCUT2D eigenvalue weighted by atomic mass is 10.4. The molecule has 7 heteroatoms. The summed E-state index contributed by atoms with van der Waals surface area (Å²) in [5.41, 5.74) is 0.895. The van der Waals surface area contributed by atoms with Crippen molar-refractivity contribution in [3.63, 3.8) is 0 Å². The summed E-state index contributed by atoms with van der Waals surface area (Å²) < 4.78 is 4.64. The van der Waals surface area contributed by atoms with Crippen LogP contribution in [0.4, 0.5) is 11.8 Å². The first-order chi connectivity index (χ1) is 8.28. The minimum atomic E-state index is 0.471. The first-order valence-corrected chi connectivity index (χ1v) is 5.36. The smallest absolute Gasteiger partial charge is 0.224 e. The molecule has 0 aliphatic rings. The van der Waals surface area contributed by atoms with Crippen LogP contribution < -0.4 is 10.6 Å². The Morgan fingerprint density at radius 3 is 2.88 bits per heavy atom. The van der Waals surface area contributed by atoms with E-state index in [1.165, 1.54) is 6.39 Å². The molecule has 17 heavy (non-hydrogen) atoms. The molecule has 7 nitrogen and oxygen atoms in total. The predicted octanol–water partition coefficient (Wildman–Crippen LogP) is 1.21. The van der Waals surface area contributed by atoms with Gasteiger partial charge in [0, 0.05) is 18.3 Å². The van der Waals surface area contributed by atoms with E-state index >= 15 is 0 Å². The van der Waals surface area contributed by atoms with E-state index in [9.17, 15) is 0 Å². The van der Waals surface area contributed by atoms with Crippen LogP contribution in [0.15, 0.2) is 17.0 Å². The van der Waals surface area contributed by atoms with Crippen molar-refractivity contribution < 1.29 is 4.52 Å². The van der Waals surface area contributed by atoms with Gasteiger partial charge in [-0.1, -0.05) is 5.16 Å². The largest absolute Gasteiger partial charge is 0.362 e. The van der Waals surface area contributed by atoms with E-state index in [-0.39, 0.29) is 0 Å². The Morgan fingerprint density at radius 2 is 2.18 bits per heavy atom. The van der Waals surface area contributed by atoms with E-state index in [0.29, 0.717) is 18.3 Å². The molecule has 0 radical (unpaired) electrons. The summed E-state index contributed by atoms with van der Waals surface area (Å²) in [5.74, 6) is 1.94. The number of aryl methyl sites for hydroxylation is 1. The maximum Gasteiger partial charge on any atom is 0.224 e. The zero-order chi connectivity index (χ0) is 12.1. The highest BCUT2D eigenvalue weighted by atomic mass is 16.5. The van der Waals surface area contributed by atoms with Gasteiger partial charge in [-0.3, -0.25) is 0 Å². The van der Waals surface area contributed by atoms with Gasteiger partial charge >= 0.3 is 0 Å². The van der Waals surface area contributed by atoms with E-state index in [1.54, 1.807) is 0 Å². The molecule has 0 saturated heterocycles. The Hall–Kier alpha value is -2.18. The van der Waals surface area contributed by atoms with E-state index in [4.69, 9.17) is 0 Å². The second-order valence-corrected chi connectivity index (χ2v) is 3.45. The van der Waals surface area contributed by atoms with E-state index in [1.807, 2.05) is 19.9 Å². The maximum absolute atomic E-state index is 4.64. The average Bonchev–Trinajstić information content (AvgIpc) is 2.79. The lowest BCUT2D eigenvalue weighted by Gasteiger charge is -2.07. The van der Waals surface area contributed by atoms with Gasteiger partial charge in [0.2, 0.25) is 12.3 Å². The van der Waals surface area contributed by atoms with Gasteiger partial charge in [0.05, 0.1) is 6.54 Å². The van der Waals surface area contributed by atoms with Crippen molar-refractivity contribution in [1.29, 1.82) is 0 Å². The summed E-state index contributed by atoms with van der Waals surface area (Å²) in [6.45, 7) is 5.17. The van der Waals surface area contributed by atoms with Crippen molar-refractivity contribution >= 4 is 11.8 Å². The van der Waals surface area contributed by atoms with Crippen LogP contribution in [-0.2, 0) is 6.54 Å². The Labute approximate surface area is 98.7 Å². The van der Waals surface area contributed by atoms with Crippen molar-refractivity contribution in [3.8, 4) is 0 Å². The lowest BCUT2D eigenvalue weighted by molar-refractivity contribution is 0.411. The van der Waals surface area contributed by atoms with Gasteiger partial charge in [0.15, 0.2) is 5.82 Å². The van der Waals surface area contributed by atoms with Crippen molar-refractivity contribution in [3.05, 3.63) is 24.0 Å². The Bertz CT molecular complexity index is 470. The fraction of sp³-hybridized carbons (Fsp3) is 0.400. The van der Waals surface area contributed by atoms with Crippen molar-refractivity contribution in [2.24, 2.45) is 0 Å². The van der Waals surface area contributed by atoms with Gasteiger partial charge in [-0.25, -0.2) is 4.98 Å². The van der Waals surface area contributed by atoms with Crippen molar-refractivity contribution in [2.75, 3.05) is 17.2 Å². The monoisotopic (exact) mass is 234 g/mol. The number of nitrogens with one attached hydrogen (secondary N) is 2. The molecule has 2 aromatic heterocycles. The second kappa shape index (κ2) is 5.24. The molecular weight excluding hydrogens is 220 g/mol. The standard InChI is InChI=1S/C10H14N6O/c1-3-11-10-14-7(2)4-8(15-10)12-5-9-13-6-17-16-9/h4,6H,3,5H2,1-2H3,(H2,11,12,14,15). The summed E-state index contributed by atoms with van der Waals surface area (Å²) in [6, 6.07) is 1.86. The number of aromatic nitrogens is 4. The molecular formula is C10H14N6O. The van der Waals surface area contributed by atoms with Gasteiger partial charge in [-0.05, 0) is 13.8 Å². The minimum Gasteiger partial charge on any atom is -0.362 e. The van der Waals surface area contributed by atoms with Crippen LogP contribution >= 0.6 is 0 Å². The molecule has 2 heterocycles. The Kier molecular flexibility index (Phi) is 3.49. The highest BCUT2D eigenvalue weighted by Crippen LogP contribution is 2.10. The summed E-state index contributed by atoms with van der Waals surface area (Å²) in [6.07, 6.45) is 1.30. The van der Waals surface area contributed by atoms with Gasteiger partial charge in [-0.2, -0.15) is 9.97 Å². The molecule has 0 aliphatic carbocycles. The molecule has 0 aromatic carbocycles. The Balaban J connectivity index is 2.04. The minimum absolute atomic E-state index is 0.471. The Morgan fingerprint density at radius 1 is 1.29 bits per heavy atom. The topological polar surface area (TPSA) is 88.8 Å². The van der Waals surface area contributed by atoms with E-state index in [2.05, 4.69) is 35.3 Å². The SMILES string of the molecule is CCNc1nc(C)cc(NCc2ncon2)n1. The number of rotatable bonds is 5. The molecule has 0 amide bonds. The summed E-state index contributed by atoms with van der Waals surface area (Å²) in [7, 11) is 0. The van der Waals surface area contributed by atoms with Gasteiger partial charge in [-0.15, -0.1) is 0 Å². The summed E-state index contributed by atoms with van der Waals surface area (Å²) >= 11 is 0. The number of hydrogen-bond donors (Lipinski definition) is 2. The summed E-state index contributed by atoms with van der Waals surface area (Å²) in [4.78, 5) is 12.5. The molecule has 0 unspecified atom stereocenters. The van der Waals surface area contributed by atoms with E-state index < -0.39 is 0 Å². The molecule has 0 aliphatic heterocycles. The molecule has 2 N–H and O–H groups in total. The first kappa shape index (κ1) is 11.3. The van der Waals surface area contributed by atoms with Crippen LogP contribution in [0.1, 0.15) is 18.4 Å². The number of anilines is 2. The molecule has 2 aromatic rings. The van der Waals surface area contributed by atoms with E-state index in [0.717, 1.165) is 18.1 Å². The lowest BCUT2D eigenvalue weighted by Crippen LogP contribution is -2.08. The third-order valence-corrected chi connectivity index (χ3v) is 2.02. The van der Waals surface area contributed by atoms with Gasteiger partial charge in [0.25, 0.3) is 0 Å². The molecule has 0 fully saturated rings. The molecule has 2 rings (SSSR count). The average molecular weight is 234 g/mol. The van der Waals surface area contributed by atoms with Crippen LogP contribution in [0.2, 0.25) is 0 Å². The van der Waals surface area contributed by atoms with Crippen molar-refractivity contribution in [1.82, 2.24) is 20.1 Å². The van der Waals surface area contributed by atoms with Crippen LogP contribution in [0.5, 0.6) is 0 Å². The predicted molar refractivity (Wildman–Crippen MR) is 62.6 cm³/mol. The fourth-order valence-electron chi connectivity index (χ4n) is 1.34. The van der Waals surface area contributed by atoms with Crippen LogP contribution in [0.25, 0.3) is 0 Å². The van der Waals surface area contributed by atoms with Crippen LogP contribution in [0, 0.1) is 6.92 Å². The molecule has 0 atom stereocenters. The molecule has 0 saturated carbocycles. The second-order valence-electron chi connectivity index (χ2n) is 3.45. The highest BCUT2D eigenvalue weighted by molar-refractivity contribution is 5.42. The zero-order valence-electron chi connectivity index (χ0n) is 9.77. The number of hydrogen-bond acceptors (Lipinski definition) is 7. The van der Waals surface area contributed by atoms with Gasteiger partial charge < -0.3 is 15.2 Å². The number of nitrogens with zero attached hydrogens (tertiary/aromatic N) is 4. The van der Waals surface area contributed by atoms with Gasteiger partial charge in [0.1, 0.15) is 5.82 Å². The quantitative estimate of drug-likeness (QED) is 0.803. The fourth-order valence-corrected chi connectivity index (χ4v) is 1.34. The molecule has 0 spiro atoms. The highest BCUT2D eigenvalue weighted by Gasteiger charge is 2.03. The maximum atomic E-state index is 4.64. The normalized spacial score (nSPS) is 10.2.